The molecule has 260 valence electrons. The molecule has 0 N–H and O–H groups in total. The number of alkyl halides is 6. The zero-order valence-electron chi connectivity index (χ0n) is 27.0. The molecule has 2 aliphatic rings. The molecule has 5 aromatic rings. The molecule has 0 saturated carbocycles. The summed E-state index contributed by atoms with van der Waals surface area (Å²) in [7, 11) is 0. The van der Waals surface area contributed by atoms with Crippen molar-refractivity contribution >= 4 is 82.6 Å². The molecule has 0 radical (unpaired) electrons. The molecule has 0 aromatic heterocycles. The maximum absolute atomic E-state index is 14.3. The number of benzene rings is 5. The van der Waals surface area contributed by atoms with E-state index < -0.39 is 60.9 Å². The molecule has 13 heteroatoms. The number of aryl methyl sites for hydroxylation is 1. The van der Waals surface area contributed by atoms with Gasteiger partial charge in [-0.15, -0.1) is 0 Å². The van der Waals surface area contributed by atoms with Crippen molar-refractivity contribution in [1.82, 2.24) is 9.80 Å². The molecule has 50 heavy (non-hydrogen) atoms. The van der Waals surface area contributed by atoms with E-state index in [9.17, 15) is 45.5 Å². The van der Waals surface area contributed by atoms with Gasteiger partial charge in [0.15, 0.2) is 0 Å². The van der Waals surface area contributed by atoms with Crippen LogP contribution in [-0.2, 0) is 0 Å². The Morgan fingerprint density at radius 2 is 0.980 bits per heavy atom. The molecule has 0 spiro atoms. The Morgan fingerprint density at radius 1 is 0.580 bits per heavy atom. The van der Waals surface area contributed by atoms with E-state index in [0.717, 1.165) is 0 Å². The van der Waals surface area contributed by atoms with Crippen molar-refractivity contribution in [3.8, 4) is 0 Å². The lowest BCUT2D eigenvalue weighted by Gasteiger charge is -2.36. The first-order valence-corrected chi connectivity index (χ1v) is 17.1. The normalized spacial score (nSPS) is 16.6. The van der Waals surface area contributed by atoms with E-state index in [1.165, 1.54) is 24.3 Å². The number of halogens is 7. The fourth-order valence-corrected chi connectivity index (χ4v) is 8.54. The predicted molar refractivity (Wildman–Crippen MR) is 180 cm³/mol. The van der Waals surface area contributed by atoms with Gasteiger partial charge in [-0.05, 0) is 71.1 Å². The molecule has 4 amide bonds. The van der Waals surface area contributed by atoms with Crippen LogP contribution in [0.25, 0.3) is 43.1 Å². The third-order valence-electron chi connectivity index (χ3n) is 10.1. The average molecular weight is 760 g/mol. The van der Waals surface area contributed by atoms with Crippen molar-refractivity contribution < 1.29 is 45.5 Å². The summed E-state index contributed by atoms with van der Waals surface area (Å²) >= 11 is 3.52. The van der Waals surface area contributed by atoms with Crippen molar-refractivity contribution in [2.24, 2.45) is 0 Å². The fourth-order valence-electron chi connectivity index (χ4n) is 7.90. The maximum atomic E-state index is 14.3. The van der Waals surface area contributed by atoms with Crippen molar-refractivity contribution in [3.63, 3.8) is 0 Å². The Balaban J connectivity index is 1.51. The molecule has 6 nitrogen and oxygen atoms in total. The highest BCUT2D eigenvalue weighted by atomic mass is 79.9. The number of fused-ring (bicyclic) bond motifs is 2. The minimum atomic E-state index is -4.85. The largest absolute Gasteiger partial charge is 0.409 e. The van der Waals surface area contributed by atoms with Gasteiger partial charge < -0.3 is 0 Å². The van der Waals surface area contributed by atoms with E-state index in [1.54, 1.807) is 32.9 Å². The number of hydrogen-bond donors (Lipinski definition) is 0. The molecule has 2 aliphatic heterocycles. The number of carbonyl (C=O) groups is 4. The SMILES string of the molecule is CCCCC(N1C(=O)c2ccc3c4c(Br)cc5c6c(ccc(c7c(C)cc(c2c37)C1=O)c64)C(=O)N(C(CCCC)C(F)(F)F)C5=O)C(F)(F)F. The molecule has 2 unspecified atom stereocenters. The van der Waals surface area contributed by atoms with Gasteiger partial charge in [0.05, 0.1) is 0 Å². The van der Waals surface area contributed by atoms with Gasteiger partial charge in [-0.25, -0.2) is 0 Å². The Hall–Kier alpha value is -4.26. The van der Waals surface area contributed by atoms with Gasteiger partial charge in [0.1, 0.15) is 12.1 Å². The first kappa shape index (κ1) is 34.2. The zero-order valence-corrected chi connectivity index (χ0v) is 28.6. The van der Waals surface area contributed by atoms with Crippen molar-refractivity contribution in [2.45, 2.75) is 83.7 Å². The third-order valence-corrected chi connectivity index (χ3v) is 10.7. The number of unbranched alkanes of at least 4 members (excludes halogenated alkanes) is 2. The molecule has 0 saturated heterocycles. The van der Waals surface area contributed by atoms with Crippen LogP contribution in [0.15, 0.2) is 40.9 Å². The van der Waals surface area contributed by atoms with Crippen LogP contribution >= 0.6 is 15.9 Å². The van der Waals surface area contributed by atoms with Crippen molar-refractivity contribution in [2.75, 3.05) is 0 Å². The number of amides is 4. The van der Waals surface area contributed by atoms with Crippen molar-refractivity contribution in [1.29, 1.82) is 0 Å². The fraction of sp³-hybridized carbons (Fsp3) is 0.351. The highest BCUT2D eigenvalue weighted by Gasteiger charge is 2.51. The molecule has 0 aliphatic carbocycles. The number of hydrogen-bond acceptors (Lipinski definition) is 4. The lowest BCUT2D eigenvalue weighted by atomic mass is 9.80. The van der Waals surface area contributed by atoms with Gasteiger partial charge in [-0.2, -0.15) is 26.3 Å². The Bertz CT molecular complexity index is 2150. The van der Waals surface area contributed by atoms with Crippen LogP contribution in [0.5, 0.6) is 0 Å². The molecule has 0 fully saturated rings. The lowest BCUT2D eigenvalue weighted by Crippen LogP contribution is -2.53. The summed E-state index contributed by atoms with van der Waals surface area (Å²) < 4.78 is 86.3. The van der Waals surface area contributed by atoms with Crippen LogP contribution in [0.2, 0.25) is 0 Å². The Labute approximate surface area is 289 Å². The minimum Gasteiger partial charge on any atom is -0.269 e. The van der Waals surface area contributed by atoms with Gasteiger partial charge in [0.2, 0.25) is 0 Å². The van der Waals surface area contributed by atoms with Gasteiger partial charge in [-0.1, -0.05) is 67.6 Å². The van der Waals surface area contributed by atoms with Crippen molar-refractivity contribution in [3.05, 3.63) is 68.7 Å². The predicted octanol–water partition coefficient (Wildman–Crippen LogP) is 10.2. The number of nitrogens with zero attached hydrogens (tertiary/aromatic N) is 2. The maximum Gasteiger partial charge on any atom is 0.409 e. The monoisotopic (exact) mass is 758 g/mol. The molecular weight excluding hydrogens is 730 g/mol. The highest BCUT2D eigenvalue weighted by Crippen LogP contribution is 2.50. The summed E-state index contributed by atoms with van der Waals surface area (Å²) in [6.07, 6.45) is -9.42. The number of carbonyl (C=O) groups excluding carboxylic acids is 4. The molecule has 0 bridgehead atoms. The van der Waals surface area contributed by atoms with Crippen LogP contribution in [0.3, 0.4) is 0 Å². The average Bonchev–Trinajstić information content (AvgIpc) is 3.04. The van der Waals surface area contributed by atoms with E-state index in [4.69, 9.17) is 0 Å². The summed E-state index contributed by atoms with van der Waals surface area (Å²) in [5.74, 6) is -4.25. The van der Waals surface area contributed by atoms with Gasteiger partial charge in [0.25, 0.3) is 23.6 Å². The molecular formula is C37H29BrF6N2O4. The summed E-state index contributed by atoms with van der Waals surface area (Å²) in [5.41, 5.74) is 0.202. The number of rotatable bonds is 8. The van der Waals surface area contributed by atoms with Crippen LogP contribution < -0.4 is 0 Å². The smallest absolute Gasteiger partial charge is 0.269 e. The van der Waals surface area contributed by atoms with E-state index in [2.05, 4.69) is 15.9 Å². The Kier molecular flexibility index (Phi) is 7.96. The zero-order chi connectivity index (χ0) is 36.2. The second-order valence-electron chi connectivity index (χ2n) is 13.1. The van der Waals surface area contributed by atoms with Gasteiger partial charge >= 0.3 is 12.4 Å². The van der Waals surface area contributed by atoms with E-state index >= 15 is 0 Å². The van der Waals surface area contributed by atoms with Crippen LogP contribution in [0.4, 0.5) is 26.3 Å². The summed E-state index contributed by atoms with van der Waals surface area (Å²) in [5, 5.41) is 3.24. The van der Waals surface area contributed by atoms with E-state index in [-0.39, 0.29) is 45.9 Å². The van der Waals surface area contributed by atoms with Crippen LogP contribution in [0, 0.1) is 6.92 Å². The van der Waals surface area contributed by atoms with Crippen LogP contribution in [0.1, 0.15) is 99.4 Å². The third kappa shape index (κ3) is 4.75. The second-order valence-corrected chi connectivity index (χ2v) is 13.9. The number of imide groups is 2. The molecule has 7 rings (SSSR count). The van der Waals surface area contributed by atoms with E-state index in [1.807, 2.05) is 0 Å². The highest BCUT2D eigenvalue weighted by molar-refractivity contribution is 9.10. The quantitative estimate of drug-likeness (QED) is 0.0684. The Morgan fingerprint density at radius 3 is 1.42 bits per heavy atom. The topological polar surface area (TPSA) is 74.8 Å². The minimum absolute atomic E-state index is 0.0557. The first-order valence-electron chi connectivity index (χ1n) is 16.3. The summed E-state index contributed by atoms with van der Waals surface area (Å²) in [6, 6.07) is 4.10. The standard InChI is InChI=1S/C37H29BrF6N2O4/c1-4-6-8-24(36(39,40)41)45-32(47)19-13-11-18-29-23(38)15-22-28-20(33(48)46(35(22)50)25(9-7-5-2)37(42,43)44)12-10-17(31(28)29)26-16(3)14-21(34(45)49)27(19)30(18)26/h10-15,24-25H,4-9H2,1-3H3. The summed E-state index contributed by atoms with van der Waals surface area (Å²) in [6.45, 7) is 5.10. The van der Waals surface area contributed by atoms with Gasteiger partial charge in [-0.3, -0.25) is 29.0 Å². The molecule has 2 atom stereocenters. The van der Waals surface area contributed by atoms with Gasteiger partial charge in [0, 0.05) is 48.3 Å². The molecule has 5 aromatic carbocycles. The first-order chi connectivity index (χ1) is 23.5. The molecule has 2 heterocycles. The van der Waals surface area contributed by atoms with E-state index in [0.29, 0.717) is 65.0 Å². The lowest BCUT2D eigenvalue weighted by molar-refractivity contribution is -0.173. The second kappa shape index (κ2) is 11.6. The summed E-state index contributed by atoms with van der Waals surface area (Å²) in [4.78, 5) is 56.1. The van der Waals surface area contributed by atoms with Crippen LogP contribution in [-0.4, -0.2) is 57.9 Å².